The van der Waals surface area contributed by atoms with Gasteiger partial charge in [0, 0.05) is 53.9 Å². The van der Waals surface area contributed by atoms with Crippen LogP contribution in [-0.2, 0) is 38.1 Å². The molecule has 0 unspecified atom stereocenters. The molecule has 10 heteroatoms. The van der Waals surface area contributed by atoms with Crippen molar-refractivity contribution in [3.05, 3.63) is 118 Å². The maximum Gasteiger partial charge on any atom is 0.209 e. The van der Waals surface area contributed by atoms with Crippen LogP contribution < -0.4 is 16.0 Å². The van der Waals surface area contributed by atoms with E-state index in [2.05, 4.69) is 140 Å². The van der Waals surface area contributed by atoms with Crippen LogP contribution in [0.3, 0.4) is 0 Å². The molecule has 3 heterocycles. The Morgan fingerprint density at radius 1 is 0.849 bits per heavy atom. The van der Waals surface area contributed by atoms with Crippen molar-refractivity contribution in [2.75, 3.05) is 65.2 Å². The highest BCUT2D eigenvalue weighted by Gasteiger charge is 2.42. The van der Waals surface area contributed by atoms with E-state index in [4.69, 9.17) is 19.9 Å². The third kappa shape index (κ3) is 8.57. The fraction of sp³-hybridized carbons (Fsp3) is 0.465. The molecule has 0 saturated heterocycles. The van der Waals surface area contributed by atoms with E-state index < -0.39 is 0 Å². The Morgan fingerprint density at radius 2 is 1.55 bits per heavy atom. The minimum Gasteiger partial charge on any atom is -0.379 e. The molecular formula is C43H58N7O3+. The van der Waals surface area contributed by atoms with Crippen molar-refractivity contribution in [1.29, 1.82) is 0 Å². The Hall–Kier alpha value is -4.35. The number of para-hydroxylation sites is 2. The van der Waals surface area contributed by atoms with Crippen LogP contribution in [0, 0.1) is 0 Å². The third-order valence-corrected chi connectivity index (χ3v) is 10.8. The number of benzene rings is 2. The molecule has 2 aromatic carbocycles. The van der Waals surface area contributed by atoms with Gasteiger partial charge in [0.15, 0.2) is 5.71 Å². The number of anilines is 1. The molecule has 3 N–H and O–H groups in total. The lowest BCUT2D eigenvalue weighted by Gasteiger charge is -2.24. The summed E-state index contributed by atoms with van der Waals surface area (Å²) in [5, 5.41) is 12.6. The Bertz CT molecular complexity index is 1900. The summed E-state index contributed by atoms with van der Waals surface area (Å²) in [6, 6.07) is 17.4. The first-order valence-electron chi connectivity index (χ1n) is 19.1. The molecule has 2 aliphatic heterocycles. The molecule has 53 heavy (non-hydrogen) atoms. The van der Waals surface area contributed by atoms with Crippen molar-refractivity contribution in [1.82, 2.24) is 20.3 Å². The molecule has 6 rings (SSSR count). The summed E-state index contributed by atoms with van der Waals surface area (Å²) in [6.45, 7) is 14.5. The van der Waals surface area contributed by atoms with Crippen molar-refractivity contribution in [3.8, 4) is 0 Å². The number of fused-ring (bicyclic) bond motifs is 2. The van der Waals surface area contributed by atoms with Gasteiger partial charge in [0.1, 0.15) is 12.7 Å². The molecule has 282 valence electrons. The largest absolute Gasteiger partial charge is 0.379 e. The lowest BCUT2D eigenvalue weighted by molar-refractivity contribution is -0.401. The minimum atomic E-state index is -0.0834. The predicted octanol–water partition coefficient (Wildman–Crippen LogP) is 6.31. The molecule has 0 bridgehead atoms. The fourth-order valence-electron chi connectivity index (χ4n) is 7.84. The van der Waals surface area contributed by atoms with Gasteiger partial charge in [0.2, 0.25) is 5.69 Å². The van der Waals surface area contributed by atoms with Gasteiger partial charge in [0.25, 0.3) is 0 Å². The number of ether oxygens (including phenoxy) is 3. The standard InChI is InChI=1S/C43H57N7O3/c1-42(2)35-12-7-9-14-37(35)48(5)39(42)20-18-32-16-17-33(19-21-40-43(3,4)36-13-8-10-15-38(36)49(40)6)41(32)45-30-34-31-50(47-46-34)23-25-52-27-29-53-28-26-51-24-11-22-44/h7-10,12-15,18-21,31H,11,16-17,22-30,44H2,1-6H3/p+1/b32-18+,39-20+. The molecule has 0 fully saturated rings. The van der Waals surface area contributed by atoms with Gasteiger partial charge in [-0.3, -0.25) is 0 Å². The quantitative estimate of drug-likeness (QED) is 0.116. The first-order valence-corrected chi connectivity index (χ1v) is 19.1. The maximum atomic E-state index is 5.76. The second-order valence-electron chi connectivity index (χ2n) is 15.1. The van der Waals surface area contributed by atoms with Gasteiger partial charge in [-0.2, -0.15) is 4.58 Å². The lowest BCUT2D eigenvalue weighted by Crippen LogP contribution is -2.26. The molecule has 1 aliphatic carbocycles. The number of allylic oxidation sites excluding steroid dienone is 7. The third-order valence-electron chi connectivity index (χ3n) is 10.8. The normalized spacial score (nSPS) is 19.0. The van der Waals surface area contributed by atoms with Crippen LogP contribution in [0.25, 0.3) is 0 Å². The van der Waals surface area contributed by atoms with Crippen molar-refractivity contribution in [2.24, 2.45) is 5.73 Å². The van der Waals surface area contributed by atoms with Gasteiger partial charge < -0.3 is 30.2 Å². The van der Waals surface area contributed by atoms with Gasteiger partial charge in [-0.05, 0) is 68.5 Å². The first kappa shape index (κ1) is 38.4. The molecule has 0 radical (unpaired) electrons. The van der Waals surface area contributed by atoms with Crippen LogP contribution in [0.15, 0.2) is 102 Å². The van der Waals surface area contributed by atoms with Crippen LogP contribution >= 0.6 is 0 Å². The van der Waals surface area contributed by atoms with Crippen molar-refractivity contribution in [2.45, 2.75) is 70.9 Å². The van der Waals surface area contributed by atoms with E-state index in [0.717, 1.165) is 25.0 Å². The molecule has 3 aromatic rings. The van der Waals surface area contributed by atoms with E-state index in [1.54, 1.807) is 0 Å². The molecule has 0 spiro atoms. The summed E-state index contributed by atoms with van der Waals surface area (Å²) in [5.74, 6) is 0. The van der Waals surface area contributed by atoms with Gasteiger partial charge in [0.05, 0.1) is 57.7 Å². The number of rotatable bonds is 18. The Balaban J connectivity index is 1.14. The van der Waals surface area contributed by atoms with E-state index in [9.17, 15) is 0 Å². The number of hydrogen-bond donors (Lipinski definition) is 2. The number of nitrogens with one attached hydrogen (secondary N) is 1. The highest BCUT2D eigenvalue weighted by Crippen LogP contribution is 2.47. The van der Waals surface area contributed by atoms with E-state index >= 15 is 0 Å². The molecule has 10 nitrogen and oxygen atoms in total. The van der Waals surface area contributed by atoms with Crippen molar-refractivity contribution < 1.29 is 18.8 Å². The Kier molecular flexibility index (Phi) is 12.5. The molecular weight excluding hydrogens is 663 g/mol. The summed E-state index contributed by atoms with van der Waals surface area (Å²) in [5.41, 5.74) is 17.8. The average molecular weight is 721 g/mol. The Labute approximate surface area is 315 Å². The zero-order valence-corrected chi connectivity index (χ0v) is 32.5. The minimum absolute atomic E-state index is 0.0834. The highest BCUT2D eigenvalue weighted by molar-refractivity contribution is 6.03. The SMILES string of the molecule is CN1/C(=C/C=C2\CCC(/C=C/C3=[N+](C)c4ccccc4C3(C)C)=C2NCc2cn(CCOCCOCCOCCCN)nn2)C(C)(C)c2ccccc21. The molecule has 3 aliphatic rings. The van der Waals surface area contributed by atoms with Gasteiger partial charge in [-0.1, -0.05) is 67.6 Å². The zero-order valence-electron chi connectivity index (χ0n) is 32.5. The van der Waals surface area contributed by atoms with E-state index in [0.29, 0.717) is 59.3 Å². The molecule has 1 aromatic heterocycles. The van der Waals surface area contributed by atoms with E-state index in [1.807, 2.05) is 10.9 Å². The van der Waals surface area contributed by atoms with Crippen LogP contribution in [-0.4, -0.2) is 85.6 Å². The molecule has 0 saturated carbocycles. The fourth-order valence-corrected chi connectivity index (χ4v) is 7.84. The maximum absolute atomic E-state index is 5.76. The topological polar surface area (TPSA) is 103 Å². The summed E-state index contributed by atoms with van der Waals surface area (Å²) < 4.78 is 21.0. The highest BCUT2D eigenvalue weighted by atomic mass is 16.5. The summed E-state index contributed by atoms with van der Waals surface area (Å²) in [6.07, 6.45) is 14.1. The van der Waals surface area contributed by atoms with Crippen molar-refractivity contribution in [3.63, 3.8) is 0 Å². The van der Waals surface area contributed by atoms with Gasteiger partial charge >= 0.3 is 0 Å². The van der Waals surface area contributed by atoms with E-state index in [1.165, 1.54) is 50.8 Å². The summed E-state index contributed by atoms with van der Waals surface area (Å²) in [7, 11) is 4.35. The van der Waals surface area contributed by atoms with Crippen molar-refractivity contribution >= 4 is 17.1 Å². The number of likely N-dealkylation sites (N-methyl/N-ethyl adjacent to an activating group) is 1. The summed E-state index contributed by atoms with van der Waals surface area (Å²) in [4.78, 5) is 2.33. The van der Waals surface area contributed by atoms with Gasteiger partial charge in [-0.25, -0.2) is 4.68 Å². The van der Waals surface area contributed by atoms with E-state index in [-0.39, 0.29) is 10.8 Å². The average Bonchev–Trinajstić information content (AvgIpc) is 3.87. The van der Waals surface area contributed by atoms with Crippen LogP contribution in [0.1, 0.15) is 63.8 Å². The smallest absolute Gasteiger partial charge is 0.209 e. The first-order chi connectivity index (χ1) is 25.6. The van der Waals surface area contributed by atoms with Crippen LogP contribution in [0.4, 0.5) is 11.4 Å². The molecule has 0 amide bonds. The predicted molar refractivity (Wildman–Crippen MR) is 213 cm³/mol. The summed E-state index contributed by atoms with van der Waals surface area (Å²) >= 11 is 0. The number of hydrogen-bond acceptors (Lipinski definition) is 8. The second kappa shape index (κ2) is 17.2. The Morgan fingerprint density at radius 3 is 2.28 bits per heavy atom. The number of aromatic nitrogens is 3. The zero-order chi connectivity index (χ0) is 37.4. The van der Waals surface area contributed by atoms with Gasteiger partial charge in [-0.15, -0.1) is 5.10 Å². The second-order valence-corrected chi connectivity index (χ2v) is 15.1. The number of nitrogens with two attached hydrogens (primary N) is 1. The van der Waals surface area contributed by atoms with Crippen LogP contribution in [0.2, 0.25) is 0 Å². The lowest BCUT2D eigenvalue weighted by atomic mass is 9.81. The monoisotopic (exact) mass is 720 g/mol. The molecule has 0 atom stereocenters. The number of nitrogens with zero attached hydrogens (tertiary/aromatic N) is 5. The van der Waals surface area contributed by atoms with Crippen LogP contribution in [0.5, 0.6) is 0 Å².